The predicted molar refractivity (Wildman–Crippen MR) is 128 cm³/mol. The smallest absolute Gasteiger partial charge is 0.255 e. The standard InChI is InChI=1S/C26H30FN3O7/c1-30(2)20-14-6-11-5-13-17(15(31)7-12(19(13)27)9-29-8-10-3-4-10)21(32)16(11)23(34)26(14,37)24(35)18(22(20)33)25(28)36/h7,10-11,14,20,29,31,33-34,37H,3-6,8-9H2,1-2H3,(H2,28,36)/t11-,14-,20-,26-/m0/s1. The maximum Gasteiger partial charge on any atom is 0.255 e. The van der Waals surface area contributed by atoms with Crippen LogP contribution < -0.4 is 11.1 Å². The molecule has 0 unspecified atom stereocenters. The van der Waals surface area contributed by atoms with Gasteiger partial charge in [0.1, 0.15) is 28.7 Å². The number of Topliss-reactive ketones (excluding diaryl/α,β-unsaturated/α-hetero) is 2. The number of allylic oxidation sites excluding steroid dienone is 1. The van der Waals surface area contributed by atoms with E-state index in [-0.39, 0.29) is 41.6 Å². The van der Waals surface area contributed by atoms with Gasteiger partial charge in [-0.05, 0) is 64.2 Å². The molecule has 0 bridgehead atoms. The molecule has 1 fully saturated rings. The van der Waals surface area contributed by atoms with E-state index >= 15 is 4.39 Å². The fraction of sp³-hybridized carbons (Fsp3) is 0.500. The fourth-order valence-corrected chi connectivity index (χ4v) is 6.22. The Morgan fingerprint density at radius 2 is 1.92 bits per heavy atom. The number of fused-ring (bicyclic) bond motifs is 3. The molecule has 1 amide bonds. The van der Waals surface area contributed by atoms with Crippen molar-refractivity contribution in [2.75, 3.05) is 20.6 Å². The lowest BCUT2D eigenvalue weighted by molar-refractivity contribution is -0.148. The normalized spacial score (nSPS) is 29.4. The Labute approximate surface area is 212 Å². The summed E-state index contributed by atoms with van der Waals surface area (Å²) in [5.74, 6) is -7.62. The van der Waals surface area contributed by atoms with E-state index in [0.29, 0.717) is 5.92 Å². The van der Waals surface area contributed by atoms with Crippen LogP contribution in [0.1, 0.15) is 40.7 Å². The molecule has 7 N–H and O–H groups in total. The highest BCUT2D eigenvalue weighted by atomic mass is 19.1. The van der Waals surface area contributed by atoms with Crippen molar-refractivity contribution in [1.29, 1.82) is 0 Å². The van der Waals surface area contributed by atoms with Crippen LogP contribution in [0.2, 0.25) is 0 Å². The topological polar surface area (TPSA) is 173 Å². The van der Waals surface area contributed by atoms with E-state index in [4.69, 9.17) is 5.73 Å². The van der Waals surface area contributed by atoms with E-state index < -0.39 is 69.6 Å². The zero-order chi connectivity index (χ0) is 27.0. The summed E-state index contributed by atoms with van der Waals surface area (Å²) in [6.07, 6.45) is 2.07. The Morgan fingerprint density at radius 3 is 2.51 bits per heavy atom. The number of benzene rings is 1. The third-order valence-corrected chi connectivity index (χ3v) is 8.18. The number of phenols is 1. The second-order valence-corrected chi connectivity index (χ2v) is 10.8. The molecule has 0 radical (unpaired) electrons. The number of hydrogen-bond donors (Lipinski definition) is 6. The largest absolute Gasteiger partial charge is 0.510 e. The molecule has 1 saturated carbocycles. The molecule has 0 spiro atoms. The van der Waals surface area contributed by atoms with Crippen molar-refractivity contribution in [3.05, 3.63) is 51.2 Å². The Bertz CT molecular complexity index is 1300. The van der Waals surface area contributed by atoms with Gasteiger partial charge in [-0.15, -0.1) is 0 Å². The minimum Gasteiger partial charge on any atom is -0.510 e. The Hall–Kier alpha value is -3.28. The summed E-state index contributed by atoms with van der Waals surface area (Å²) in [6, 6.07) is 0.0749. The third kappa shape index (κ3) is 3.67. The molecule has 4 aliphatic rings. The fourth-order valence-electron chi connectivity index (χ4n) is 6.22. The Balaban J connectivity index is 1.61. The number of likely N-dealkylation sites (N-methyl/N-ethyl adjacent to an activating group) is 1. The third-order valence-electron chi connectivity index (χ3n) is 8.18. The van der Waals surface area contributed by atoms with Crippen LogP contribution in [-0.2, 0) is 22.6 Å². The number of ketones is 2. The summed E-state index contributed by atoms with van der Waals surface area (Å²) in [5.41, 5.74) is 1.29. The maximum absolute atomic E-state index is 15.6. The van der Waals surface area contributed by atoms with Gasteiger partial charge in [-0.2, -0.15) is 0 Å². The number of nitrogens with two attached hydrogens (primary N) is 1. The van der Waals surface area contributed by atoms with Crippen LogP contribution in [0.4, 0.5) is 4.39 Å². The molecule has 0 aliphatic heterocycles. The van der Waals surface area contributed by atoms with Gasteiger partial charge >= 0.3 is 0 Å². The number of amides is 1. The summed E-state index contributed by atoms with van der Waals surface area (Å²) in [7, 11) is 3.10. The molecule has 11 heteroatoms. The van der Waals surface area contributed by atoms with Crippen LogP contribution >= 0.6 is 0 Å². The van der Waals surface area contributed by atoms with Crippen LogP contribution in [-0.4, -0.2) is 75.1 Å². The number of nitrogens with zero attached hydrogens (tertiary/aromatic N) is 1. The number of rotatable bonds is 6. The van der Waals surface area contributed by atoms with Gasteiger partial charge in [-0.3, -0.25) is 19.3 Å². The summed E-state index contributed by atoms with van der Waals surface area (Å²) in [6.45, 7) is 0.897. The van der Waals surface area contributed by atoms with Crippen LogP contribution in [0.25, 0.3) is 0 Å². The monoisotopic (exact) mass is 515 g/mol. The van der Waals surface area contributed by atoms with Gasteiger partial charge in [0, 0.05) is 29.2 Å². The molecule has 4 atom stereocenters. The van der Waals surface area contributed by atoms with Crippen molar-refractivity contribution < 1.29 is 39.2 Å². The van der Waals surface area contributed by atoms with E-state index in [1.807, 2.05) is 0 Å². The SMILES string of the molecule is CN(C)[C@@H]1C(O)=C(C(N)=O)C(=O)[C@@]2(O)C(O)=C3C(=O)c4c(O)cc(CNCC5CC5)c(F)c4C[C@H]3C[C@@H]12. The number of aliphatic hydroxyl groups is 3. The molecule has 0 aromatic heterocycles. The van der Waals surface area contributed by atoms with Crippen LogP contribution in [0.5, 0.6) is 5.75 Å². The number of primary amides is 1. The zero-order valence-corrected chi connectivity index (χ0v) is 20.5. The first-order valence-corrected chi connectivity index (χ1v) is 12.3. The quantitative estimate of drug-likeness (QED) is 0.299. The molecular weight excluding hydrogens is 485 g/mol. The summed E-state index contributed by atoms with van der Waals surface area (Å²) < 4.78 is 15.6. The van der Waals surface area contributed by atoms with E-state index in [0.717, 1.165) is 19.4 Å². The molecule has 0 saturated heterocycles. The van der Waals surface area contributed by atoms with Gasteiger partial charge in [0.05, 0.1) is 11.6 Å². The Kier molecular flexibility index (Phi) is 5.93. The van der Waals surface area contributed by atoms with E-state index in [1.165, 1.54) is 11.0 Å². The van der Waals surface area contributed by atoms with Gasteiger partial charge in [-0.25, -0.2) is 4.39 Å². The number of aliphatic hydroxyl groups excluding tert-OH is 2. The zero-order valence-electron chi connectivity index (χ0n) is 20.5. The van der Waals surface area contributed by atoms with E-state index in [9.17, 15) is 34.8 Å². The number of carbonyl (C=O) groups excluding carboxylic acids is 3. The summed E-state index contributed by atoms with van der Waals surface area (Å²) in [4.78, 5) is 40.3. The molecule has 10 nitrogen and oxygen atoms in total. The van der Waals surface area contributed by atoms with E-state index in [2.05, 4.69) is 5.32 Å². The van der Waals surface area contributed by atoms with Crippen molar-refractivity contribution in [2.45, 2.75) is 43.9 Å². The van der Waals surface area contributed by atoms with Crippen LogP contribution in [0, 0.1) is 23.6 Å². The average molecular weight is 516 g/mol. The molecule has 4 aliphatic carbocycles. The molecule has 1 aromatic rings. The summed E-state index contributed by atoms with van der Waals surface area (Å²) in [5, 5.41) is 47.4. The molecule has 0 heterocycles. The lowest BCUT2D eigenvalue weighted by atomic mass is 9.58. The van der Waals surface area contributed by atoms with Crippen molar-refractivity contribution in [3.63, 3.8) is 0 Å². The van der Waals surface area contributed by atoms with Crippen LogP contribution in [0.15, 0.2) is 28.7 Å². The Morgan fingerprint density at radius 1 is 1.24 bits per heavy atom. The molecule has 5 rings (SSSR count). The van der Waals surface area contributed by atoms with Gasteiger partial charge in [0.25, 0.3) is 5.91 Å². The van der Waals surface area contributed by atoms with Crippen molar-refractivity contribution in [3.8, 4) is 5.75 Å². The second-order valence-electron chi connectivity index (χ2n) is 10.8. The van der Waals surface area contributed by atoms with Gasteiger partial charge in [0.15, 0.2) is 11.4 Å². The number of carbonyl (C=O) groups is 3. The van der Waals surface area contributed by atoms with Crippen molar-refractivity contribution in [2.24, 2.45) is 23.5 Å². The van der Waals surface area contributed by atoms with E-state index in [1.54, 1.807) is 14.1 Å². The first-order valence-electron chi connectivity index (χ1n) is 12.3. The number of nitrogens with one attached hydrogen (secondary N) is 1. The van der Waals surface area contributed by atoms with Gasteiger partial charge in [0.2, 0.25) is 5.78 Å². The minimum absolute atomic E-state index is 0.00124. The molecule has 1 aromatic carbocycles. The van der Waals surface area contributed by atoms with Gasteiger partial charge in [-0.1, -0.05) is 0 Å². The molecular formula is C26H30FN3O7. The van der Waals surface area contributed by atoms with Gasteiger partial charge < -0.3 is 31.5 Å². The average Bonchev–Trinajstić information content (AvgIpc) is 3.63. The highest BCUT2D eigenvalue weighted by Gasteiger charge is 2.63. The first-order chi connectivity index (χ1) is 17.4. The highest BCUT2D eigenvalue weighted by Crippen LogP contribution is 2.52. The number of phenolic OH excluding ortho intramolecular Hbond substituents is 1. The highest BCUT2D eigenvalue weighted by molar-refractivity contribution is 6.24. The molecule has 37 heavy (non-hydrogen) atoms. The second kappa shape index (κ2) is 8.64. The van der Waals surface area contributed by atoms with Crippen molar-refractivity contribution in [1.82, 2.24) is 10.2 Å². The number of hydrogen-bond acceptors (Lipinski definition) is 9. The number of halogens is 1. The van der Waals surface area contributed by atoms with Crippen molar-refractivity contribution >= 4 is 17.5 Å². The maximum atomic E-state index is 15.6. The first kappa shape index (κ1) is 25.4. The lowest BCUT2D eigenvalue weighted by Gasteiger charge is -2.50. The predicted octanol–water partition coefficient (Wildman–Crippen LogP) is 0.759. The lowest BCUT2D eigenvalue weighted by Crippen LogP contribution is -2.63. The number of aromatic hydroxyl groups is 1. The minimum atomic E-state index is -2.72. The molecule has 198 valence electrons. The summed E-state index contributed by atoms with van der Waals surface area (Å²) >= 11 is 0. The van der Waals surface area contributed by atoms with Crippen LogP contribution in [0.3, 0.4) is 0 Å².